The highest BCUT2D eigenvalue weighted by Gasteiger charge is 2.30. The molecular formula is C23H36N4O6S. The van der Waals surface area contributed by atoms with Gasteiger partial charge in [-0.15, -0.1) is 0 Å². The Morgan fingerprint density at radius 2 is 1.50 bits per heavy atom. The molecule has 11 heteroatoms. The number of amides is 3. The molecule has 1 aromatic rings. The van der Waals surface area contributed by atoms with Gasteiger partial charge in [-0.1, -0.05) is 44.2 Å². The van der Waals surface area contributed by atoms with Gasteiger partial charge in [-0.25, -0.2) is 4.79 Å². The summed E-state index contributed by atoms with van der Waals surface area (Å²) in [6, 6.07) is 4.75. The molecule has 0 fully saturated rings. The van der Waals surface area contributed by atoms with Gasteiger partial charge in [0.25, 0.3) is 0 Å². The predicted octanol–water partition coefficient (Wildman–Crippen LogP) is -0.113. The van der Waals surface area contributed by atoms with Crippen LogP contribution in [0, 0.1) is 5.92 Å². The molecule has 7 N–H and O–H groups in total. The molecule has 0 aliphatic rings. The number of nitrogens with one attached hydrogen (secondary N) is 3. The third kappa shape index (κ3) is 10.5. The highest BCUT2D eigenvalue weighted by molar-refractivity contribution is 7.98. The number of thioether (sulfide) groups is 1. The summed E-state index contributed by atoms with van der Waals surface area (Å²) in [5.74, 6) is -2.62. The molecule has 3 amide bonds. The molecule has 4 unspecified atom stereocenters. The average Bonchev–Trinajstić information content (AvgIpc) is 2.79. The third-order valence-corrected chi connectivity index (χ3v) is 5.66. The Morgan fingerprint density at radius 3 is 2.03 bits per heavy atom. The first-order valence-corrected chi connectivity index (χ1v) is 12.5. The molecule has 0 aliphatic heterocycles. The summed E-state index contributed by atoms with van der Waals surface area (Å²) in [4.78, 5) is 49.5. The Morgan fingerprint density at radius 1 is 0.941 bits per heavy atom. The van der Waals surface area contributed by atoms with Crippen molar-refractivity contribution in [1.82, 2.24) is 16.0 Å². The summed E-state index contributed by atoms with van der Waals surface area (Å²) >= 11 is 1.46. The van der Waals surface area contributed by atoms with E-state index in [9.17, 15) is 29.4 Å². The highest BCUT2D eigenvalue weighted by atomic mass is 32.2. The van der Waals surface area contributed by atoms with Gasteiger partial charge in [0.2, 0.25) is 17.7 Å². The fraction of sp³-hybridized carbons (Fsp3) is 0.565. The molecule has 1 aromatic carbocycles. The number of benzene rings is 1. The van der Waals surface area contributed by atoms with Crippen LogP contribution >= 0.6 is 11.8 Å². The van der Waals surface area contributed by atoms with E-state index in [0.717, 1.165) is 5.56 Å². The van der Waals surface area contributed by atoms with Gasteiger partial charge in [-0.3, -0.25) is 14.4 Å². The first kappa shape index (κ1) is 29.4. The number of aliphatic hydroxyl groups is 1. The topological polar surface area (TPSA) is 171 Å². The van der Waals surface area contributed by atoms with E-state index in [4.69, 9.17) is 5.73 Å². The minimum atomic E-state index is -1.31. The average molecular weight is 497 g/mol. The van der Waals surface area contributed by atoms with Crippen molar-refractivity contribution in [2.45, 2.75) is 57.3 Å². The zero-order valence-electron chi connectivity index (χ0n) is 19.8. The Balaban J connectivity index is 2.80. The van der Waals surface area contributed by atoms with Gasteiger partial charge in [0, 0.05) is 0 Å². The molecule has 0 bridgehead atoms. The molecule has 0 heterocycles. The van der Waals surface area contributed by atoms with Crippen LogP contribution in [0.5, 0.6) is 0 Å². The second kappa shape index (κ2) is 15.3. The summed E-state index contributed by atoms with van der Waals surface area (Å²) in [6.45, 7) is 2.98. The van der Waals surface area contributed by atoms with Crippen LogP contribution in [-0.2, 0) is 25.6 Å². The molecule has 1 rings (SSSR count). The minimum Gasteiger partial charge on any atom is -0.480 e. The zero-order valence-corrected chi connectivity index (χ0v) is 20.6. The van der Waals surface area contributed by atoms with Gasteiger partial charge < -0.3 is 31.9 Å². The monoisotopic (exact) mass is 496 g/mol. The molecule has 190 valence electrons. The fourth-order valence-electron chi connectivity index (χ4n) is 3.18. The number of carboxylic acids is 1. The van der Waals surface area contributed by atoms with E-state index >= 15 is 0 Å². The predicted molar refractivity (Wildman–Crippen MR) is 131 cm³/mol. The van der Waals surface area contributed by atoms with E-state index < -0.39 is 54.5 Å². The van der Waals surface area contributed by atoms with Crippen molar-refractivity contribution in [1.29, 1.82) is 0 Å². The van der Waals surface area contributed by atoms with E-state index in [1.807, 2.05) is 50.4 Å². The molecule has 34 heavy (non-hydrogen) atoms. The minimum absolute atomic E-state index is 0.0368. The molecular weight excluding hydrogens is 460 g/mol. The highest BCUT2D eigenvalue weighted by Crippen LogP contribution is 2.08. The van der Waals surface area contributed by atoms with Crippen molar-refractivity contribution in [3.8, 4) is 0 Å². The lowest BCUT2D eigenvalue weighted by Gasteiger charge is -2.24. The Hall–Kier alpha value is -2.63. The molecule has 0 aliphatic carbocycles. The molecule has 4 atom stereocenters. The quantitative estimate of drug-likeness (QED) is 0.195. The van der Waals surface area contributed by atoms with Crippen LogP contribution in [-0.4, -0.2) is 76.7 Å². The van der Waals surface area contributed by atoms with Crippen LogP contribution in [0.15, 0.2) is 30.3 Å². The summed E-state index contributed by atoms with van der Waals surface area (Å²) < 4.78 is 0. The Bertz CT molecular complexity index is 808. The van der Waals surface area contributed by atoms with Gasteiger partial charge in [0.15, 0.2) is 0 Å². The lowest BCUT2D eigenvalue weighted by Crippen LogP contribution is -2.58. The Kier molecular flexibility index (Phi) is 13.2. The summed E-state index contributed by atoms with van der Waals surface area (Å²) in [6.07, 6.45) is 2.56. The number of aliphatic hydroxyl groups excluding tert-OH is 1. The summed E-state index contributed by atoms with van der Waals surface area (Å²) in [5.41, 5.74) is 6.79. The SMILES string of the molecule is CSCCC(NC(=O)C(CO)NC(=O)C(N)Cc1ccccc1)C(=O)NC(CC(C)C)C(=O)O. The second-order valence-corrected chi connectivity index (χ2v) is 9.40. The van der Waals surface area contributed by atoms with Gasteiger partial charge in [-0.05, 0) is 42.8 Å². The van der Waals surface area contributed by atoms with E-state index in [1.165, 1.54) is 11.8 Å². The molecule has 0 saturated carbocycles. The van der Waals surface area contributed by atoms with Crippen molar-refractivity contribution in [2.24, 2.45) is 11.7 Å². The zero-order chi connectivity index (χ0) is 25.7. The van der Waals surface area contributed by atoms with Crippen molar-refractivity contribution >= 4 is 35.5 Å². The van der Waals surface area contributed by atoms with E-state index in [1.54, 1.807) is 0 Å². The largest absolute Gasteiger partial charge is 0.480 e. The maximum Gasteiger partial charge on any atom is 0.326 e. The molecule has 0 saturated heterocycles. The number of hydrogen-bond donors (Lipinski definition) is 6. The van der Waals surface area contributed by atoms with Gasteiger partial charge in [0.1, 0.15) is 18.1 Å². The first-order chi connectivity index (χ1) is 16.1. The van der Waals surface area contributed by atoms with E-state index in [-0.39, 0.29) is 25.2 Å². The fourth-order valence-corrected chi connectivity index (χ4v) is 3.65. The summed E-state index contributed by atoms with van der Waals surface area (Å²) in [5, 5.41) is 26.5. The molecule has 10 nitrogen and oxygen atoms in total. The lowest BCUT2D eigenvalue weighted by molar-refractivity contribution is -0.142. The van der Waals surface area contributed by atoms with Crippen LogP contribution in [0.1, 0.15) is 32.3 Å². The van der Waals surface area contributed by atoms with Gasteiger partial charge >= 0.3 is 5.97 Å². The number of rotatable bonds is 15. The smallest absolute Gasteiger partial charge is 0.326 e. The second-order valence-electron chi connectivity index (χ2n) is 8.41. The third-order valence-electron chi connectivity index (χ3n) is 5.02. The van der Waals surface area contributed by atoms with Gasteiger partial charge in [0.05, 0.1) is 12.6 Å². The van der Waals surface area contributed by atoms with Crippen LogP contribution in [0.4, 0.5) is 0 Å². The normalized spacial score (nSPS) is 14.5. The number of carboxylic acid groups (broad SMARTS) is 1. The molecule has 0 spiro atoms. The van der Waals surface area contributed by atoms with Crippen LogP contribution < -0.4 is 21.7 Å². The van der Waals surface area contributed by atoms with Crippen LogP contribution in [0.3, 0.4) is 0 Å². The number of hydrogen-bond acceptors (Lipinski definition) is 7. The van der Waals surface area contributed by atoms with Crippen LogP contribution in [0.2, 0.25) is 0 Å². The number of carbonyl (C=O) groups excluding carboxylic acids is 3. The van der Waals surface area contributed by atoms with Crippen molar-refractivity contribution in [3.63, 3.8) is 0 Å². The van der Waals surface area contributed by atoms with E-state index in [2.05, 4.69) is 16.0 Å². The van der Waals surface area contributed by atoms with Crippen molar-refractivity contribution in [2.75, 3.05) is 18.6 Å². The van der Waals surface area contributed by atoms with Crippen molar-refractivity contribution in [3.05, 3.63) is 35.9 Å². The maximum atomic E-state index is 12.8. The van der Waals surface area contributed by atoms with E-state index in [0.29, 0.717) is 5.75 Å². The van der Waals surface area contributed by atoms with Crippen LogP contribution in [0.25, 0.3) is 0 Å². The van der Waals surface area contributed by atoms with Crippen molar-refractivity contribution < 1.29 is 29.4 Å². The standard InChI is InChI=1S/C23H36N4O6S/c1-14(2)11-18(23(32)33)26-21(30)17(9-10-34-3)25-22(31)19(13-28)27-20(29)16(24)12-15-7-5-4-6-8-15/h4-8,14,16-19,28H,9-13,24H2,1-3H3,(H,25,31)(H,26,30)(H,27,29)(H,32,33). The number of carbonyl (C=O) groups is 4. The molecule has 0 radical (unpaired) electrons. The summed E-state index contributed by atoms with van der Waals surface area (Å²) in [7, 11) is 0. The Labute approximate surface area is 204 Å². The maximum absolute atomic E-state index is 12.8. The van der Waals surface area contributed by atoms with Gasteiger partial charge in [-0.2, -0.15) is 11.8 Å². The number of nitrogens with two attached hydrogens (primary N) is 1. The molecule has 0 aromatic heterocycles. The number of aliphatic carboxylic acids is 1. The first-order valence-electron chi connectivity index (χ1n) is 11.1. The lowest BCUT2D eigenvalue weighted by atomic mass is 10.0.